The van der Waals surface area contributed by atoms with Crippen molar-refractivity contribution in [3.8, 4) is 0 Å². The van der Waals surface area contributed by atoms with Gasteiger partial charge in [0.15, 0.2) is 5.82 Å². The Kier molecular flexibility index (Phi) is 13.0. The molecular weight excluding hydrogens is 892 g/mol. The number of ether oxygens (including phenoxy) is 1. The minimum Gasteiger partial charge on any atom is -0.383 e. The Labute approximate surface area is 383 Å². The maximum Gasteiger partial charge on any atom is 0.471 e. The van der Waals surface area contributed by atoms with Gasteiger partial charge in [-0.15, -0.1) is 0 Å². The third-order valence-corrected chi connectivity index (χ3v) is 13.6. The molecule has 67 heavy (non-hydrogen) atoms. The summed E-state index contributed by atoms with van der Waals surface area (Å²) in [6.07, 6.45) is -5.35. The maximum atomic E-state index is 15.0. The lowest BCUT2D eigenvalue weighted by atomic mass is 9.77. The molecule has 2 amide bonds. The lowest BCUT2D eigenvalue weighted by Crippen LogP contribution is -2.49. The summed E-state index contributed by atoms with van der Waals surface area (Å²) < 4.78 is 108. The minimum absolute atomic E-state index is 0.0463. The smallest absolute Gasteiger partial charge is 0.383 e. The predicted octanol–water partition coefficient (Wildman–Crippen LogP) is 8.92. The predicted molar refractivity (Wildman–Crippen MR) is 245 cm³/mol. The molecular formula is C50H45F5N6O5S. The molecule has 0 spiro atoms. The standard InChI is InChI=1S/C50H45F5N6O5S/c1-33(32-66-3)60(48(63)50(53,54)55)45-30-39(59-25-23-58(2)24-26-59)19-21-42(45)47(62)56-46-43-31-40(67(64,65)41-28-37(51)27-38(52)29-41)20-22-44(43)61(57-46)49(34-13-7-4-8-14-34,35-15-9-5-10-16-35)36-17-11-6-12-18-36/h4-22,27-31,33H,23-26,32H2,1-3H3,(H,56,57,62)/t33-/m1/s1. The van der Waals surface area contributed by atoms with Crippen molar-refractivity contribution in [2.24, 2.45) is 0 Å². The number of hydrogen-bond acceptors (Lipinski definition) is 8. The van der Waals surface area contributed by atoms with Gasteiger partial charge in [-0.1, -0.05) is 91.0 Å². The first-order valence-electron chi connectivity index (χ1n) is 21.2. The molecule has 11 nitrogen and oxygen atoms in total. The molecule has 1 atom stereocenters. The molecule has 7 aromatic rings. The van der Waals surface area contributed by atoms with E-state index < -0.39 is 60.8 Å². The third kappa shape index (κ3) is 9.01. The van der Waals surface area contributed by atoms with Crippen LogP contribution in [0, 0.1) is 11.6 Å². The molecule has 2 heterocycles. The second kappa shape index (κ2) is 18.7. The van der Waals surface area contributed by atoms with Crippen LogP contribution in [0.1, 0.15) is 34.0 Å². The number of carbonyl (C=O) groups excluding carboxylic acids is 2. The number of alkyl halides is 3. The molecule has 1 fully saturated rings. The van der Waals surface area contributed by atoms with Gasteiger partial charge in [-0.25, -0.2) is 21.9 Å². The molecule has 346 valence electrons. The number of nitrogens with zero attached hydrogens (tertiary/aromatic N) is 5. The van der Waals surface area contributed by atoms with Crippen LogP contribution in [0.2, 0.25) is 0 Å². The summed E-state index contributed by atoms with van der Waals surface area (Å²) in [5.74, 6) is -5.67. The molecule has 0 radical (unpaired) electrons. The van der Waals surface area contributed by atoms with E-state index in [2.05, 4.69) is 10.2 Å². The number of fused-ring (bicyclic) bond motifs is 1. The van der Waals surface area contributed by atoms with Crippen LogP contribution < -0.4 is 15.1 Å². The summed E-state index contributed by atoms with van der Waals surface area (Å²) in [5.41, 5.74) is 0.849. The van der Waals surface area contributed by atoms with E-state index in [0.29, 0.717) is 71.7 Å². The number of hydrogen-bond donors (Lipinski definition) is 1. The number of piperazine rings is 1. The van der Waals surface area contributed by atoms with Crippen molar-refractivity contribution >= 4 is 49.7 Å². The molecule has 1 aliphatic rings. The van der Waals surface area contributed by atoms with Crippen molar-refractivity contribution < 1.29 is 44.7 Å². The van der Waals surface area contributed by atoms with E-state index in [9.17, 15) is 40.0 Å². The van der Waals surface area contributed by atoms with E-state index in [4.69, 9.17) is 9.84 Å². The van der Waals surface area contributed by atoms with Crippen molar-refractivity contribution in [3.05, 3.63) is 179 Å². The van der Waals surface area contributed by atoms with E-state index in [-0.39, 0.29) is 34.6 Å². The first-order valence-corrected chi connectivity index (χ1v) is 22.7. The maximum absolute atomic E-state index is 15.0. The van der Waals surface area contributed by atoms with Gasteiger partial charge >= 0.3 is 12.1 Å². The van der Waals surface area contributed by atoms with Crippen LogP contribution in [0.4, 0.5) is 39.1 Å². The summed E-state index contributed by atoms with van der Waals surface area (Å²) in [6.45, 7) is 3.40. The van der Waals surface area contributed by atoms with Gasteiger partial charge in [0.25, 0.3) is 5.91 Å². The molecule has 6 aromatic carbocycles. The Morgan fingerprint density at radius 2 is 1.30 bits per heavy atom. The van der Waals surface area contributed by atoms with Gasteiger partial charge in [-0.2, -0.15) is 18.3 Å². The normalized spacial score (nSPS) is 14.2. The highest BCUT2D eigenvalue weighted by molar-refractivity contribution is 7.91. The second-order valence-electron chi connectivity index (χ2n) is 16.3. The van der Waals surface area contributed by atoms with Gasteiger partial charge < -0.3 is 19.9 Å². The molecule has 1 N–H and O–H groups in total. The van der Waals surface area contributed by atoms with Gasteiger partial charge in [0.1, 0.15) is 17.2 Å². The zero-order valence-corrected chi connectivity index (χ0v) is 37.4. The fourth-order valence-electron chi connectivity index (χ4n) is 8.68. The van der Waals surface area contributed by atoms with Crippen molar-refractivity contribution in [1.29, 1.82) is 0 Å². The monoisotopic (exact) mass is 936 g/mol. The third-order valence-electron chi connectivity index (χ3n) is 11.9. The van der Waals surface area contributed by atoms with E-state index in [1.807, 2.05) is 103 Å². The van der Waals surface area contributed by atoms with E-state index in [1.165, 1.54) is 44.4 Å². The van der Waals surface area contributed by atoms with Crippen LogP contribution in [0.5, 0.6) is 0 Å². The molecule has 17 heteroatoms. The molecule has 0 unspecified atom stereocenters. The van der Waals surface area contributed by atoms with Crippen molar-refractivity contribution in [3.63, 3.8) is 0 Å². The van der Waals surface area contributed by atoms with Crippen molar-refractivity contribution in [2.75, 3.05) is 62.1 Å². The highest BCUT2D eigenvalue weighted by Crippen LogP contribution is 2.44. The molecule has 1 aliphatic heterocycles. The number of amides is 2. The largest absolute Gasteiger partial charge is 0.471 e. The van der Waals surface area contributed by atoms with Crippen LogP contribution >= 0.6 is 0 Å². The van der Waals surface area contributed by atoms with Crippen molar-refractivity contribution in [2.45, 2.75) is 34.5 Å². The fraction of sp³-hybridized carbons (Fsp3) is 0.220. The lowest BCUT2D eigenvalue weighted by Gasteiger charge is -2.37. The average Bonchev–Trinajstić information content (AvgIpc) is 3.67. The highest BCUT2D eigenvalue weighted by atomic mass is 32.2. The minimum atomic E-state index is -5.35. The number of anilines is 3. The Balaban J connectivity index is 1.38. The summed E-state index contributed by atoms with van der Waals surface area (Å²) in [4.78, 5) is 31.9. The number of likely N-dealkylation sites (N-methyl/N-ethyl adjacent to an activating group) is 1. The Morgan fingerprint density at radius 1 is 0.746 bits per heavy atom. The van der Waals surface area contributed by atoms with Crippen LogP contribution in [0.25, 0.3) is 10.9 Å². The van der Waals surface area contributed by atoms with Crippen LogP contribution in [-0.2, 0) is 24.9 Å². The van der Waals surface area contributed by atoms with Gasteiger partial charge in [0.05, 0.1) is 39.2 Å². The fourth-order valence-corrected chi connectivity index (χ4v) is 10.0. The number of rotatable bonds is 13. The average molecular weight is 937 g/mol. The van der Waals surface area contributed by atoms with E-state index in [1.54, 1.807) is 10.7 Å². The molecule has 0 aliphatic carbocycles. The second-order valence-corrected chi connectivity index (χ2v) is 18.2. The summed E-state index contributed by atoms with van der Waals surface area (Å²) in [7, 11) is -1.41. The number of halogens is 5. The summed E-state index contributed by atoms with van der Waals surface area (Å²) in [6, 6.07) is 36.9. The van der Waals surface area contributed by atoms with Crippen LogP contribution in [-0.4, -0.2) is 94.1 Å². The van der Waals surface area contributed by atoms with Crippen LogP contribution in [0.3, 0.4) is 0 Å². The summed E-state index contributed by atoms with van der Waals surface area (Å²) >= 11 is 0. The van der Waals surface area contributed by atoms with Crippen LogP contribution in [0.15, 0.2) is 155 Å². The number of sulfone groups is 1. The summed E-state index contributed by atoms with van der Waals surface area (Å²) in [5, 5.41) is 7.89. The number of methoxy groups -OCH3 is 1. The number of aromatic nitrogens is 2. The topological polar surface area (TPSA) is 117 Å². The first-order chi connectivity index (χ1) is 32.0. The number of carbonyl (C=O) groups is 2. The van der Waals surface area contributed by atoms with Crippen molar-refractivity contribution in [1.82, 2.24) is 14.7 Å². The SMILES string of the molecule is COC[C@@H](C)N(C(=O)C(F)(F)F)c1cc(N2CCN(C)CC2)ccc1C(=O)Nc1nn(C(c2ccccc2)(c2ccccc2)c2ccccc2)c2ccc(S(=O)(=O)c3cc(F)cc(F)c3)cc12. The van der Waals surface area contributed by atoms with Gasteiger partial charge in [0.2, 0.25) is 9.84 Å². The van der Waals surface area contributed by atoms with E-state index >= 15 is 0 Å². The zero-order valence-electron chi connectivity index (χ0n) is 36.5. The number of benzene rings is 6. The van der Waals surface area contributed by atoms with E-state index in [0.717, 1.165) is 0 Å². The first kappa shape index (κ1) is 46.6. The molecule has 1 aromatic heterocycles. The molecule has 8 rings (SSSR count). The molecule has 0 bridgehead atoms. The lowest BCUT2D eigenvalue weighted by molar-refractivity contribution is -0.171. The van der Waals surface area contributed by atoms with Gasteiger partial charge in [-0.3, -0.25) is 14.5 Å². The Bertz CT molecular complexity index is 2920. The highest BCUT2D eigenvalue weighted by Gasteiger charge is 2.46. The Morgan fingerprint density at radius 3 is 1.82 bits per heavy atom. The number of nitrogens with one attached hydrogen (secondary N) is 1. The quantitative estimate of drug-likeness (QED) is 0.0901. The zero-order chi connectivity index (χ0) is 47.7. The van der Waals surface area contributed by atoms with Gasteiger partial charge in [-0.05, 0) is 79.2 Å². The van der Waals surface area contributed by atoms with Gasteiger partial charge in [0, 0.05) is 50.4 Å². The molecule has 0 saturated carbocycles. The Hall–Kier alpha value is -6.95. The molecule has 1 saturated heterocycles.